The molecule has 0 bridgehead atoms. The van der Waals surface area contributed by atoms with Gasteiger partial charge in [0, 0.05) is 32.4 Å². The van der Waals surface area contributed by atoms with Gasteiger partial charge in [0.2, 0.25) is 10.0 Å². The lowest BCUT2D eigenvalue weighted by Crippen LogP contribution is -2.37. The number of nitrogens with zero attached hydrogens (tertiary/aromatic N) is 1. The van der Waals surface area contributed by atoms with Crippen molar-refractivity contribution in [1.29, 1.82) is 0 Å². The van der Waals surface area contributed by atoms with E-state index in [1.807, 2.05) is 18.2 Å². The lowest BCUT2D eigenvalue weighted by molar-refractivity contribution is 0.0276. The van der Waals surface area contributed by atoms with Gasteiger partial charge in [0.05, 0.1) is 16.3 Å². The van der Waals surface area contributed by atoms with Crippen LogP contribution in [0, 0.1) is 5.82 Å². The summed E-state index contributed by atoms with van der Waals surface area (Å²) >= 11 is 12.2. The van der Waals surface area contributed by atoms with E-state index >= 15 is 0 Å². The third-order valence-electron chi connectivity index (χ3n) is 5.38. The number of sulfonamides is 1. The summed E-state index contributed by atoms with van der Waals surface area (Å²) in [6.45, 7) is 2.04. The van der Waals surface area contributed by atoms with Gasteiger partial charge >= 0.3 is 0 Å². The van der Waals surface area contributed by atoms with Gasteiger partial charge in [0.1, 0.15) is 24.3 Å². The SMILES string of the molecule is COC(COc1ccc(NS(C)(=O)=O)cc1)CN(CCc1ccc(Cl)c(Cl)c1)Cc1cccc(F)c1. The van der Waals surface area contributed by atoms with E-state index in [0.717, 1.165) is 23.8 Å². The van der Waals surface area contributed by atoms with E-state index in [2.05, 4.69) is 9.62 Å². The molecule has 194 valence electrons. The lowest BCUT2D eigenvalue weighted by Gasteiger charge is -2.27. The number of benzene rings is 3. The van der Waals surface area contributed by atoms with Crippen LogP contribution in [0.4, 0.5) is 10.1 Å². The van der Waals surface area contributed by atoms with E-state index in [1.165, 1.54) is 12.1 Å². The van der Waals surface area contributed by atoms with Crippen molar-refractivity contribution in [2.45, 2.75) is 19.1 Å². The van der Waals surface area contributed by atoms with Gasteiger partial charge in [0.15, 0.2) is 0 Å². The Labute approximate surface area is 222 Å². The summed E-state index contributed by atoms with van der Waals surface area (Å²) in [4.78, 5) is 2.17. The van der Waals surface area contributed by atoms with E-state index in [4.69, 9.17) is 32.7 Å². The molecule has 0 radical (unpaired) electrons. The van der Waals surface area contributed by atoms with Crippen LogP contribution in [0.15, 0.2) is 66.7 Å². The average molecular weight is 555 g/mol. The predicted octanol–water partition coefficient (Wildman–Crippen LogP) is 5.64. The molecule has 1 N–H and O–H groups in total. The van der Waals surface area contributed by atoms with E-state index in [0.29, 0.717) is 41.1 Å². The van der Waals surface area contributed by atoms with Crippen LogP contribution in [0.3, 0.4) is 0 Å². The molecule has 36 heavy (non-hydrogen) atoms. The smallest absolute Gasteiger partial charge is 0.229 e. The fourth-order valence-electron chi connectivity index (χ4n) is 3.62. The highest BCUT2D eigenvalue weighted by molar-refractivity contribution is 7.92. The molecule has 0 spiro atoms. The van der Waals surface area contributed by atoms with E-state index in [-0.39, 0.29) is 18.5 Å². The maximum atomic E-state index is 13.8. The molecule has 0 aromatic heterocycles. The first-order valence-corrected chi connectivity index (χ1v) is 13.9. The first kappa shape index (κ1) is 28.2. The normalized spacial score (nSPS) is 12.5. The first-order valence-electron chi connectivity index (χ1n) is 11.3. The summed E-state index contributed by atoms with van der Waals surface area (Å²) in [5.41, 5.74) is 2.35. The van der Waals surface area contributed by atoms with Gasteiger partial charge in [-0.25, -0.2) is 12.8 Å². The second-order valence-electron chi connectivity index (χ2n) is 8.43. The second-order valence-corrected chi connectivity index (χ2v) is 11.0. The molecule has 0 aliphatic heterocycles. The van der Waals surface area contributed by atoms with Gasteiger partial charge < -0.3 is 9.47 Å². The Hall–Kier alpha value is -2.36. The van der Waals surface area contributed by atoms with Crippen LogP contribution in [0.25, 0.3) is 0 Å². The molecule has 3 aromatic rings. The maximum Gasteiger partial charge on any atom is 0.229 e. The quantitative estimate of drug-likeness (QED) is 0.296. The molecule has 1 atom stereocenters. The Balaban J connectivity index is 1.64. The monoisotopic (exact) mass is 554 g/mol. The molecule has 0 heterocycles. The molecule has 6 nitrogen and oxygen atoms in total. The molecule has 0 aliphatic carbocycles. The van der Waals surface area contributed by atoms with Crippen molar-refractivity contribution >= 4 is 38.9 Å². The molecule has 0 saturated heterocycles. The topological polar surface area (TPSA) is 67.9 Å². The summed E-state index contributed by atoms with van der Waals surface area (Å²) in [6.07, 6.45) is 1.55. The molecule has 0 fully saturated rings. The van der Waals surface area contributed by atoms with Crippen molar-refractivity contribution in [2.24, 2.45) is 0 Å². The molecule has 0 aliphatic rings. The number of hydrogen-bond donors (Lipinski definition) is 1. The molecule has 0 amide bonds. The van der Waals surface area contributed by atoms with Crippen molar-refractivity contribution < 1.29 is 22.3 Å². The zero-order valence-corrected chi connectivity index (χ0v) is 22.4. The molecule has 0 saturated carbocycles. The standard InChI is InChI=1S/C26H29Cl2FN2O4S/c1-34-24(18-35-23-9-7-22(8-10-23)30-36(2,32)33)17-31(16-20-4-3-5-21(29)14-20)13-12-19-6-11-25(27)26(28)15-19/h3-11,14-15,24,30H,12-13,16-18H2,1-2H3. The number of nitrogens with one attached hydrogen (secondary N) is 1. The fraction of sp³-hybridized carbons (Fsp3) is 0.308. The van der Waals surface area contributed by atoms with Crippen LogP contribution < -0.4 is 9.46 Å². The summed E-state index contributed by atoms with van der Waals surface area (Å²) in [7, 11) is -1.73. The Morgan fingerprint density at radius 1 is 1.00 bits per heavy atom. The summed E-state index contributed by atoms with van der Waals surface area (Å²) < 4.78 is 50.5. The first-order chi connectivity index (χ1) is 17.1. The van der Waals surface area contributed by atoms with Crippen molar-refractivity contribution in [3.05, 3.63) is 93.7 Å². The number of hydrogen-bond acceptors (Lipinski definition) is 5. The summed E-state index contributed by atoms with van der Waals surface area (Å²) in [6, 6.07) is 18.7. The van der Waals surface area contributed by atoms with E-state index < -0.39 is 10.0 Å². The molecule has 1 unspecified atom stereocenters. The predicted molar refractivity (Wildman–Crippen MR) is 143 cm³/mol. The average Bonchev–Trinajstić information content (AvgIpc) is 2.82. The third kappa shape index (κ3) is 9.59. The van der Waals surface area contributed by atoms with E-state index in [1.54, 1.807) is 43.5 Å². The van der Waals surface area contributed by atoms with Crippen LogP contribution in [-0.2, 0) is 27.7 Å². The minimum absolute atomic E-state index is 0.263. The van der Waals surface area contributed by atoms with Crippen molar-refractivity contribution in [3.63, 3.8) is 0 Å². The van der Waals surface area contributed by atoms with Gasteiger partial charge in [-0.05, 0) is 66.1 Å². The highest BCUT2D eigenvalue weighted by atomic mass is 35.5. The molecular formula is C26H29Cl2FN2O4S. The number of anilines is 1. The molecule has 3 aromatic carbocycles. The van der Waals surface area contributed by atoms with Crippen LogP contribution >= 0.6 is 23.2 Å². The number of ether oxygens (including phenoxy) is 2. The van der Waals surface area contributed by atoms with Gasteiger partial charge in [0.25, 0.3) is 0 Å². The van der Waals surface area contributed by atoms with Crippen LogP contribution in [-0.4, -0.2) is 52.5 Å². The second kappa shape index (κ2) is 13.3. The van der Waals surface area contributed by atoms with Gasteiger partial charge in [-0.1, -0.05) is 41.4 Å². The van der Waals surface area contributed by atoms with Crippen molar-refractivity contribution in [2.75, 3.05) is 37.8 Å². The third-order valence-corrected chi connectivity index (χ3v) is 6.73. The maximum absolute atomic E-state index is 13.8. The number of halogens is 3. The zero-order valence-electron chi connectivity index (χ0n) is 20.1. The molecular weight excluding hydrogens is 526 g/mol. The summed E-state index contributed by atoms with van der Waals surface area (Å²) in [5.74, 6) is 0.306. The Morgan fingerprint density at radius 3 is 2.39 bits per heavy atom. The van der Waals surface area contributed by atoms with Gasteiger partial charge in [-0.2, -0.15) is 0 Å². The molecule has 3 rings (SSSR count). The Kier molecular flexibility index (Phi) is 10.4. The number of methoxy groups -OCH3 is 1. The summed E-state index contributed by atoms with van der Waals surface area (Å²) in [5, 5.41) is 1.01. The highest BCUT2D eigenvalue weighted by Gasteiger charge is 2.16. The lowest BCUT2D eigenvalue weighted by atomic mass is 10.1. The van der Waals surface area contributed by atoms with Gasteiger partial charge in [-0.15, -0.1) is 0 Å². The highest BCUT2D eigenvalue weighted by Crippen LogP contribution is 2.23. The fourth-order valence-corrected chi connectivity index (χ4v) is 4.50. The largest absolute Gasteiger partial charge is 0.491 e. The van der Waals surface area contributed by atoms with Crippen LogP contribution in [0.1, 0.15) is 11.1 Å². The van der Waals surface area contributed by atoms with Crippen molar-refractivity contribution in [1.82, 2.24) is 4.90 Å². The zero-order chi connectivity index (χ0) is 26.1. The van der Waals surface area contributed by atoms with E-state index in [9.17, 15) is 12.8 Å². The van der Waals surface area contributed by atoms with Crippen LogP contribution in [0.2, 0.25) is 10.0 Å². The Bertz CT molecular complexity index is 1240. The molecule has 10 heteroatoms. The number of rotatable bonds is 13. The van der Waals surface area contributed by atoms with Crippen molar-refractivity contribution in [3.8, 4) is 5.75 Å². The Morgan fingerprint density at radius 2 is 1.75 bits per heavy atom. The van der Waals surface area contributed by atoms with Crippen LogP contribution in [0.5, 0.6) is 5.75 Å². The minimum atomic E-state index is -3.35. The van der Waals surface area contributed by atoms with Gasteiger partial charge in [-0.3, -0.25) is 9.62 Å². The minimum Gasteiger partial charge on any atom is -0.491 e.